The SMILES string of the molecule is CCOc1ccc(CN(C(=O)COc2cccc(Cl)c2)C2CCS(=O)(=O)C2)cc1. The molecule has 29 heavy (non-hydrogen) atoms. The van der Waals surface area contributed by atoms with Gasteiger partial charge in [-0.3, -0.25) is 4.79 Å². The molecule has 2 aromatic carbocycles. The van der Waals surface area contributed by atoms with Gasteiger partial charge in [-0.2, -0.15) is 0 Å². The molecule has 1 amide bonds. The lowest BCUT2D eigenvalue weighted by Gasteiger charge is -2.28. The Bertz CT molecular complexity index is 946. The van der Waals surface area contributed by atoms with Gasteiger partial charge in [0.1, 0.15) is 11.5 Å². The third kappa shape index (κ3) is 6.11. The normalized spacial score (nSPS) is 17.7. The summed E-state index contributed by atoms with van der Waals surface area (Å²) in [5.74, 6) is 1.06. The second-order valence-electron chi connectivity index (χ2n) is 6.90. The van der Waals surface area contributed by atoms with Gasteiger partial charge in [0.05, 0.1) is 18.1 Å². The highest BCUT2D eigenvalue weighted by Crippen LogP contribution is 2.22. The third-order valence-electron chi connectivity index (χ3n) is 4.72. The highest BCUT2D eigenvalue weighted by molar-refractivity contribution is 7.91. The lowest BCUT2D eigenvalue weighted by molar-refractivity contribution is -0.136. The van der Waals surface area contributed by atoms with Gasteiger partial charge in [-0.05, 0) is 49.2 Å². The fourth-order valence-electron chi connectivity index (χ4n) is 3.28. The van der Waals surface area contributed by atoms with E-state index in [0.29, 0.717) is 30.3 Å². The van der Waals surface area contributed by atoms with E-state index in [9.17, 15) is 13.2 Å². The second kappa shape index (κ2) is 9.50. The van der Waals surface area contributed by atoms with Gasteiger partial charge in [0.15, 0.2) is 16.4 Å². The van der Waals surface area contributed by atoms with Crippen LogP contribution in [-0.4, -0.2) is 50.0 Å². The highest BCUT2D eigenvalue weighted by Gasteiger charge is 2.34. The van der Waals surface area contributed by atoms with E-state index >= 15 is 0 Å². The number of amides is 1. The smallest absolute Gasteiger partial charge is 0.261 e. The summed E-state index contributed by atoms with van der Waals surface area (Å²) >= 11 is 5.95. The molecule has 1 aliphatic rings. The number of carbonyl (C=O) groups excluding carboxylic acids is 1. The predicted molar refractivity (Wildman–Crippen MR) is 112 cm³/mol. The van der Waals surface area contributed by atoms with Crippen molar-refractivity contribution >= 4 is 27.3 Å². The number of rotatable bonds is 8. The fraction of sp³-hybridized carbons (Fsp3) is 0.381. The summed E-state index contributed by atoms with van der Waals surface area (Å²) in [4.78, 5) is 14.5. The summed E-state index contributed by atoms with van der Waals surface area (Å²) in [5.41, 5.74) is 0.897. The summed E-state index contributed by atoms with van der Waals surface area (Å²) in [7, 11) is -3.13. The number of ether oxygens (including phenoxy) is 2. The van der Waals surface area contributed by atoms with Crippen LogP contribution < -0.4 is 9.47 Å². The van der Waals surface area contributed by atoms with E-state index in [1.165, 1.54) is 0 Å². The van der Waals surface area contributed by atoms with E-state index in [2.05, 4.69) is 0 Å². The predicted octanol–water partition coefficient (Wildman–Crippen LogP) is 3.33. The first-order chi connectivity index (χ1) is 13.9. The van der Waals surface area contributed by atoms with Crippen molar-refractivity contribution in [2.45, 2.75) is 25.9 Å². The monoisotopic (exact) mass is 437 g/mol. The minimum Gasteiger partial charge on any atom is -0.494 e. The maximum Gasteiger partial charge on any atom is 0.261 e. The van der Waals surface area contributed by atoms with Crippen molar-refractivity contribution in [3.63, 3.8) is 0 Å². The van der Waals surface area contributed by atoms with Gasteiger partial charge in [0.2, 0.25) is 0 Å². The lowest BCUT2D eigenvalue weighted by Crippen LogP contribution is -2.43. The van der Waals surface area contributed by atoms with Crippen LogP contribution >= 0.6 is 11.6 Å². The minimum absolute atomic E-state index is 0.0209. The Kier molecular flexibility index (Phi) is 7.03. The highest BCUT2D eigenvalue weighted by atomic mass is 35.5. The Morgan fingerprint density at radius 3 is 2.52 bits per heavy atom. The van der Waals surface area contributed by atoms with Crippen molar-refractivity contribution in [3.05, 3.63) is 59.1 Å². The molecule has 6 nitrogen and oxygen atoms in total. The van der Waals surface area contributed by atoms with Gasteiger partial charge in [0, 0.05) is 17.6 Å². The van der Waals surface area contributed by atoms with Crippen molar-refractivity contribution in [1.29, 1.82) is 0 Å². The van der Waals surface area contributed by atoms with E-state index in [4.69, 9.17) is 21.1 Å². The van der Waals surface area contributed by atoms with Crippen molar-refractivity contribution in [2.24, 2.45) is 0 Å². The zero-order valence-electron chi connectivity index (χ0n) is 16.2. The molecule has 0 radical (unpaired) electrons. The fourth-order valence-corrected chi connectivity index (χ4v) is 5.19. The molecule has 3 rings (SSSR count). The molecule has 0 aliphatic carbocycles. The topological polar surface area (TPSA) is 72.9 Å². The van der Waals surface area contributed by atoms with Crippen LogP contribution in [-0.2, 0) is 21.2 Å². The van der Waals surface area contributed by atoms with Crippen molar-refractivity contribution in [2.75, 3.05) is 24.7 Å². The molecule has 156 valence electrons. The Morgan fingerprint density at radius 2 is 1.90 bits per heavy atom. The molecule has 0 saturated carbocycles. The van der Waals surface area contributed by atoms with E-state index in [1.54, 1.807) is 29.2 Å². The molecule has 1 aliphatic heterocycles. The molecule has 1 atom stereocenters. The van der Waals surface area contributed by atoms with Crippen LogP contribution in [0.2, 0.25) is 5.02 Å². The number of sulfone groups is 1. The minimum atomic E-state index is -3.13. The van der Waals surface area contributed by atoms with Gasteiger partial charge in [-0.15, -0.1) is 0 Å². The summed E-state index contributed by atoms with van der Waals surface area (Å²) in [6.07, 6.45) is 0.433. The van der Waals surface area contributed by atoms with Gasteiger partial charge in [0.25, 0.3) is 5.91 Å². The average molecular weight is 438 g/mol. The molecule has 0 spiro atoms. The number of hydrogen-bond acceptors (Lipinski definition) is 5. The number of nitrogens with zero attached hydrogens (tertiary/aromatic N) is 1. The van der Waals surface area contributed by atoms with Gasteiger partial charge in [-0.25, -0.2) is 8.42 Å². The van der Waals surface area contributed by atoms with Gasteiger partial charge < -0.3 is 14.4 Å². The van der Waals surface area contributed by atoms with E-state index in [0.717, 1.165) is 11.3 Å². The number of hydrogen-bond donors (Lipinski definition) is 0. The molecule has 1 fully saturated rings. The lowest BCUT2D eigenvalue weighted by atomic mass is 10.1. The van der Waals surface area contributed by atoms with Crippen LogP contribution in [0.15, 0.2) is 48.5 Å². The van der Waals surface area contributed by atoms with E-state index in [1.807, 2.05) is 31.2 Å². The van der Waals surface area contributed by atoms with Crippen LogP contribution in [0.5, 0.6) is 11.5 Å². The molecule has 1 heterocycles. The Labute approximate surface area is 176 Å². The zero-order valence-corrected chi connectivity index (χ0v) is 17.8. The van der Waals surface area contributed by atoms with E-state index < -0.39 is 9.84 Å². The molecule has 0 N–H and O–H groups in total. The Hall–Kier alpha value is -2.25. The first-order valence-electron chi connectivity index (χ1n) is 9.46. The quantitative estimate of drug-likeness (QED) is 0.633. The molecular weight excluding hydrogens is 414 g/mol. The molecule has 8 heteroatoms. The summed E-state index contributed by atoms with van der Waals surface area (Å²) in [5, 5.41) is 0.517. The van der Waals surface area contributed by atoms with E-state index in [-0.39, 0.29) is 30.1 Å². The zero-order chi connectivity index (χ0) is 20.9. The number of benzene rings is 2. The standard InChI is InChI=1S/C21H24ClNO5S/c1-2-27-19-8-6-16(7-9-19)13-23(18-10-11-29(25,26)15-18)21(24)14-28-20-5-3-4-17(22)12-20/h3-9,12,18H,2,10-11,13-15H2,1H3. The van der Waals surface area contributed by atoms with Crippen molar-refractivity contribution in [1.82, 2.24) is 4.90 Å². The van der Waals surface area contributed by atoms with Crippen LogP contribution in [0.4, 0.5) is 0 Å². The van der Waals surface area contributed by atoms with Crippen LogP contribution in [0.3, 0.4) is 0 Å². The van der Waals surface area contributed by atoms with Crippen LogP contribution in [0.25, 0.3) is 0 Å². The summed E-state index contributed by atoms with van der Waals surface area (Å²) in [6, 6.07) is 13.9. The molecule has 0 aromatic heterocycles. The summed E-state index contributed by atoms with van der Waals surface area (Å²) < 4.78 is 34.9. The maximum atomic E-state index is 12.9. The Morgan fingerprint density at radius 1 is 1.14 bits per heavy atom. The molecule has 1 unspecified atom stereocenters. The second-order valence-corrected chi connectivity index (χ2v) is 9.57. The van der Waals surface area contributed by atoms with Gasteiger partial charge >= 0.3 is 0 Å². The van der Waals surface area contributed by atoms with Crippen molar-refractivity contribution in [3.8, 4) is 11.5 Å². The Balaban J connectivity index is 1.72. The van der Waals surface area contributed by atoms with Gasteiger partial charge in [-0.1, -0.05) is 29.8 Å². The number of halogens is 1. The first kappa shape index (κ1) is 21.5. The third-order valence-corrected chi connectivity index (χ3v) is 6.70. The molecular formula is C21H24ClNO5S. The molecule has 0 bridgehead atoms. The largest absolute Gasteiger partial charge is 0.494 e. The summed E-state index contributed by atoms with van der Waals surface area (Å²) in [6.45, 7) is 2.61. The molecule has 2 aromatic rings. The first-order valence-corrected chi connectivity index (χ1v) is 11.7. The van der Waals surface area contributed by atoms with Crippen LogP contribution in [0, 0.1) is 0 Å². The maximum absolute atomic E-state index is 12.9. The van der Waals surface area contributed by atoms with Crippen LogP contribution in [0.1, 0.15) is 18.9 Å². The molecule has 1 saturated heterocycles. The van der Waals surface area contributed by atoms with Crippen molar-refractivity contribution < 1.29 is 22.7 Å². The average Bonchev–Trinajstić information content (AvgIpc) is 3.05. The number of carbonyl (C=O) groups is 1.